The number of hydrogen-bond donors (Lipinski definition) is 1. The first kappa shape index (κ1) is 29.7. The van der Waals surface area contributed by atoms with Gasteiger partial charge in [-0.05, 0) is 42.8 Å². The van der Waals surface area contributed by atoms with E-state index >= 15 is 0 Å². The summed E-state index contributed by atoms with van der Waals surface area (Å²) in [6.07, 6.45) is 4.97. The van der Waals surface area contributed by atoms with Crippen LogP contribution in [0.4, 0.5) is 8.78 Å². The zero-order valence-electron chi connectivity index (χ0n) is 23.8. The SMILES string of the molecule is CCc1ccc(C(=O)Cn2ncn(-c3ccc(CN(C)CC(O)(Cn4cncn4)c4ccc(F)cc4F)cc3)c2=O)cc1. The molecule has 43 heavy (non-hydrogen) atoms. The van der Waals surface area contributed by atoms with Gasteiger partial charge in [-0.15, -0.1) is 0 Å². The van der Waals surface area contributed by atoms with Gasteiger partial charge in [0.25, 0.3) is 0 Å². The molecule has 0 aliphatic rings. The van der Waals surface area contributed by atoms with Crippen molar-refractivity contribution >= 4 is 5.78 Å². The van der Waals surface area contributed by atoms with Gasteiger partial charge in [0.05, 0.1) is 12.2 Å². The average Bonchev–Trinajstić information content (AvgIpc) is 3.62. The van der Waals surface area contributed by atoms with Crippen LogP contribution in [0.15, 0.2) is 90.5 Å². The predicted molar refractivity (Wildman–Crippen MR) is 155 cm³/mol. The Hall–Kier alpha value is -4.81. The number of halogens is 2. The van der Waals surface area contributed by atoms with Crippen molar-refractivity contribution in [2.45, 2.75) is 38.6 Å². The fourth-order valence-electron chi connectivity index (χ4n) is 5.02. The molecule has 1 N–H and O–H groups in total. The Kier molecular flexibility index (Phi) is 8.69. The molecular formula is C31H31F2N7O3. The second-order valence-electron chi connectivity index (χ2n) is 10.5. The van der Waals surface area contributed by atoms with Gasteiger partial charge in [0.2, 0.25) is 0 Å². The molecule has 0 radical (unpaired) electrons. The van der Waals surface area contributed by atoms with E-state index < -0.39 is 22.9 Å². The molecule has 0 saturated carbocycles. The summed E-state index contributed by atoms with van der Waals surface area (Å²) in [5.41, 5.74) is 0.831. The van der Waals surface area contributed by atoms with Crippen molar-refractivity contribution in [2.75, 3.05) is 13.6 Å². The van der Waals surface area contributed by atoms with Crippen molar-refractivity contribution < 1.29 is 18.7 Å². The molecule has 0 saturated heterocycles. The van der Waals surface area contributed by atoms with Crippen molar-refractivity contribution in [1.29, 1.82) is 0 Å². The predicted octanol–water partition coefficient (Wildman–Crippen LogP) is 3.37. The molecule has 1 atom stereocenters. The van der Waals surface area contributed by atoms with E-state index in [0.717, 1.165) is 34.4 Å². The molecule has 1 unspecified atom stereocenters. The summed E-state index contributed by atoms with van der Waals surface area (Å²) in [5.74, 6) is -1.81. The van der Waals surface area contributed by atoms with Gasteiger partial charge in [0, 0.05) is 30.3 Å². The van der Waals surface area contributed by atoms with Crippen LogP contribution >= 0.6 is 0 Å². The monoisotopic (exact) mass is 587 g/mol. The molecule has 3 aromatic carbocycles. The summed E-state index contributed by atoms with van der Waals surface area (Å²) in [6.45, 7) is 2.14. The molecule has 12 heteroatoms. The Morgan fingerprint density at radius 1 is 0.977 bits per heavy atom. The second-order valence-corrected chi connectivity index (χ2v) is 10.5. The lowest BCUT2D eigenvalue weighted by Crippen LogP contribution is -2.43. The van der Waals surface area contributed by atoms with Crippen molar-refractivity contribution in [2.24, 2.45) is 0 Å². The maximum absolute atomic E-state index is 14.8. The molecule has 0 amide bonds. The summed E-state index contributed by atoms with van der Waals surface area (Å²) in [5, 5.41) is 19.7. The third-order valence-corrected chi connectivity index (χ3v) is 7.23. The molecule has 2 aromatic heterocycles. The van der Waals surface area contributed by atoms with Gasteiger partial charge < -0.3 is 5.11 Å². The quantitative estimate of drug-likeness (QED) is 0.223. The Morgan fingerprint density at radius 3 is 2.35 bits per heavy atom. The molecule has 2 heterocycles. The summed E-state index contributed by atoms with van der Waals surface area (Å²) in [6, 6.07) is 17.5. The maximum Gasteiger partial charge on any atom is 0.350 e. The molecule has 0 bridgehead atoms. The van der Waals surface area contributed by atoms with Crippen LogP contribution in [-0.2, 0) is 31.7 Å². The van der Waals surface area contributed by atoms with E-state index in [9.17, 15) is 23.5 Å². The summed E-state index contributed by atoms with van der Waals surface area (Å²) in [7, 11) is 1.77. The lowest BCUT2D eigenvalue weighted by atomic mass is 9.92. The number of carbonyl (C=O) groups excluding carboxylic acids is 1. The molecule has 5 rings (SSSR count). The maximum atomic E-state index is 14.8. The first-order valence-corrected chi connectivity index (χ1v) is 13.7. The van der Waals surface area contributed by atoms with Gasteiger partial charge in [-0.3, -0.25) is 9.69 Å². The lowest BCUT2D eigenvalue weighted by Gasteiger charge is -2.33. The number of aliphatic hydroxyl groups is 1. The number of rotatable bonds is 12. The van der Waals surface area contributed by atoms with E-state index in [-0.39, 0.29) is 31.0 Å². The van der Waals surface area contributed by atoms with Gasteiger partial charge in [-0.1, -0.05) is 49.4 Å². The fourth-order valence-corrected chi connectivity index (χ4v) is 5.02. The van der Waals surface area contributed by atoms with Gasteiger partial charge in [0.15, 0.2) is 5.78 Å². The highest BCUT2D eigenvalue weighted by atomic mass is 19.1. The minimum Gasteiger partial charge on any atom is -0.382 e. The fraction of sp³-hybridized carbons (Fsp3) is 0.258. The molecule has 0 spiro atoms. The number of Topliss-reactive ketones (excluding diaryl/α,β-unsaturated/α-hetero) is 1. The Labute approximate surface area is 246 Å². The van der Waals surface area contributed by atoms with Gasteiger partial charge in [0.1, 0.15) is 42.8 Å². The van der Waals surface area contributed by atoms with Crippen LogP contribution in [-0.4, -0.2) is 58.5 Å². The number of aromatic nitrogens is 6. The first-order valence-electron chi connectivity index (χ1n) is 13.7. The minimum atomic E-state index is -1.74. The molecule has 0 fully saturated rings. The molecule has 0 aliphatic heterocycles. The molecule has 0 aliphatic carbocycles. The van der Waals surface area contributed by atoms with Crippen LogP contribution in [0.1, 0.15) is 34.0 Å². The Balaban J connectivity index is 1.27. The first-order chi connectivity index (χ1) is 20.6. The summed E-state index contributed by atoms with van der Waals surface area (Å²) >= 11 is 0. The van der Waals surface area contributed by atoms with Crippen LogP contribution in [0, 0.1) is 11.6 Å². The van der Waals surface area contributed by atoms with Crippen LogP contribution in [0.2, 0.25) is 0 Å². The van der Waals surface area contributed by atoms with E-state index in [1.165, 1.54) is 34.3 Å². The van der Waals surface area contributed by atoms with E-state index in [1.807, 2.05) is 31.2 Å². The van der Waals surface area contributed by atoms with Crippen LogP contribution < -0.4 is 5.69 Å². The summed E-state index contributed by atoms with van der Waals surface area (Å²) in [4.78, 5) is 31.4. The normalized spacial score (nSPS) is 12.9. The molecule has 222 valence electrons. The third kappa shape index (κ3) is 6.82. The van der Waals surface area contributed by atoms with Gasteiger partial charge >= 0.3 is 5.69 Å². The van der Waals surface area contributed by atoms with Crippen molar-refractivity contribution in [3.05, 3.63) is 130 Å². The van der Waals surface area contributed by atoms with Crippen molar-refractivity contribution in [3.8, 4) is 5.69 Å². The third-order valence-electron chi connectivity index (χ3n) is 7.23. The number of benzene rings is 3. The highest BCUT2D eigenvalue weighted by molar-refractivity contribution is 5.95. The largest absolute Gasteiger partial charge is 0.382 e. The number of ketones is 1. The Morgan fingerprint density at radius 2 is 1.70 bits per heavy atom. The molecule has 10 nitrogen and oxygen atoms in total. The standard InChI is InChI=1S/C31H31F2N7O3/c1-3-22-4-8-24(9-5-22)29(41)16-40-30(42)39(21-36-40)26-11-6-23(7-12-26)15-37(2)17-31(43,18-38-20-34-19-35-38)27-13-10-25(32)14-28(27)33/h4-14,19-21,43H,3,15-18H2,1-2H3. The highest BCUT2D eigenvalue weighted by Crippen LogP contribution is 2.28. The summed E-state index contributed by atoms with van der Waals surface area (Å²) < 4.78 is 32.2. The second kappa shape index (κ2) is 12.6. The number of likely N-dealkylation sites (N-methyl/N-ethyl adjacent to an activating group) is 1. The molecular weight excluding hydrogens is 556 g/mol. The van der Waals surface area contributed by atoms with E-state index in [2.05, 4.69) is 15.2 Å². The smallest absolute Gasteiger partial charge is 0.350 e. The van der Waals surface area contributed by atoms with E-state index in [4.69, 9.17) is 0 Å². The highest BCUT2D eigenvalue weighted by Gasteiger charge is 2.35. The number of hydrogen-bond acceptors (Lipinski definition) is 7. The van der Waals surface area contributed by atoms with E-state index in [1.54, 1.807) is 36.2 Å². The van der Waals surface area contributed by atoms with E-state index in [0.29, 0.717) is 17.8 Å². The number of aryl methyl sites for hydroxylation is 1. The minimum absolute atomic E-state index is 0.00140. The van der Waals surface area contributed by atoms with Crippen molar-refractivity contribution in [3.63, 3.8) is 0 Å². The number of nitrogens with zero attached hydrogens (tertiary/aromatic N) is 7. The topological polar surface area (TPSA) is 111 Å². The van der Waals surface area contributed by atoms with Crippen LogP contribution in [0.25, 0.3) is 5.69 Å². The average molecular weight is 588 g/mol. The van der Waals surface area contributed by atoms with Gasteiger partial charge in [-0.2, -0.15) is 10.2 Å². The zero-order chi connectivity index (χ0) is 30.6. The number of carbonyl (C=O) groups is 1. The lowest BCUT2D eigenvalue weighted by molar-refractivity contribution is -0.0175. The van der Waals surface area contributed by atoms with Gasteiger partial charge in [-0.25, -0.2) is 32.5 Å². The van der Waals surface area contributed by atoms with Crippen LogP contribution in [0.3, 0.4) is 0 Å². The molecule has 5 aromatic rings. The zero-order valence-corrected chi connectivity index (χ0v) is 23.8. The van der Waals surface area contributed by atoms with Crippen LogP contribution in [0.5, 0.6) is 0 Å². The Bertz CT molecular complexity index is 1750. The van der Waals surface area contributed by atoms with Crippen molar-refractivity contribution in [1.82, 2.24) is 34.0 Å².